The molecule has 3 aromatic rings. The third-order valence-corrected chi connectivity index (χ3v) is 9.63. The monoisotopic (exact) mass is 639 g/mol. The number of nitrogens with zero attached hydrogens (tertiary/aromatic N) is 5. The van der Waals surface area contributed by atoms with Crippen molar-refractivity contribution in [3.05, 3.63) is 53.4 Å². The quantitative estimate of drug-likeness (QED) is 0.320. The lowest BCUT2D eigenvalue weighted by Gasteiger charge is -2.30. The lowest BCUT2D eigenvalue weighted by Crippen LogP contribution is -2.39. The highest BCUT2D eigenvalue weighted by molar-refractivity contribution is 7.93. The highest BCUT2D eigenvalue weighted by atomic mass is 32.2. The number of rotatable bonds is 9. The molecule has 1 fully saturated rings. The van der Waals surface area contributed by atoms with Crippen LogP contribution in [0.1, 0.15) is 38.3 Å². The number of hydrogen-bond donors (Lipinski definition) is 0. The molecule has 0 N–H and O–H groups in total. The van der Waals surface area contributed by atoms with Crippen molar-refractivity contribution in [2.75, 3.05) is 43.6 Å². The Bertz CT molecular complexity index is 1580. The third-order valence-electron chi connectivity index (χ3n) is 7.06. The Balaban J connectivity index is 1.67. The van der Waals surface area contributed by atoms with E-state index in [0.29, 0.717) is 30.0 Å². The van der Waals surface area contributed by atoms with Gasteiger partial charge in [0, 0.05) is 60.6 Å². The van der Waals surface area contributed by atoms with Crippen LogP contribution in [0.15, 0.2) is 35.5 Å². The van der Waals surface area contributed by atoms with Gasteiger partial charge >= 0.3 is 6.09 Å². The minimum absolute atomic E-state index is 0.0579. The molecular weight excluding hydrogens is 604 g/mol. The molecule has 1 aromatic heterocycles. The van der Waals surface area contributed by atoms with Gasteiger partial charge in [-0.25, -0.2) is 31.3 Å². The molecule has 1 atom stereocenters. The number of aromatic nitrogens is 2. The number of ether oxygens (including phenoxy) is 3. The normalized spacial score (nSPS) is 15.4. The van der Waals surface area contributed by atoms with E-state index in [1.807, 2.05) is 0 Å². The number of sulfonamides is 1. The molecule has 4 rings (SSSR count). The van der Waals surface area contributed by atoms with Crippen LogP contribution in [0.3, 0.4) is 0 Å². The van der Waals surface area contributed by atoms with Gasteiger partial charge in [0.25, 0.3) is 10.0 Å². The fraction of sp³-hybridized carbons (Fsp3) is 0.464. The number of likely N-dealkylation sites (tertiary alicyclic amines) is 1. The average molecular weight is 640 g/mol. The van der Waals surface area contributed by atoms with Crippen LogP contribution in [0.4, 0.5) is 24.4 Å². The SMILES string of the molecule is COc1ccc(CN(c2ncns2)S(=O)(=O)c2c(F)cc(N(C)[C@H]3CCN(C(=O)OC(C)(C)C)C3)c(C)c2F)c(OC)c1. The molecule has 43 heavy (non-hydrogen) atoms. The molecule has 15 heteroatoms. The van der Waals surface area contributed by atoms with Crippen LogP contribution in [0.5, 0.6) is 11.5 Å². The second-order valence-electron chi connectivity index (χ2n) is 11.0. The smallest absolute Gasteiger partial charge is 0.410 e. The number of halogens is 2. The van der Waals surface area contributed by atoms with E-state index in [1.54, 1.807) is 55.8 Å². The molecule has 0 bridgehead atoms. The molecule has 2 aromatic carbocycles. The number of carbonyl (C=O) groups excluding carboxylic acids is 1. The highest BCUT2D eigenvalue weighted by Gasteiger charge is 2.37. The molecule has 1 amide bonds. The summed E-state index contributed by atoms with van der Waals surface area (Å²) in [5.74, 6) is -1.69. The summed E-state index contributed by atoms with van der Waals surface area (Å²) >= 11 is 0.764. The Morgan fingerprint density at radius 3 is 2.51 bits per heavy atom. The Kier molecular flexibility index (Phi) is 9.35. The van der Waals surface area contributed by atoms with Crippen molar-refractivity contribution < 1.29 is 36.2 Å². The molecule has 2 heterocycles. The Morgan fingerprint density at radius 1 is 1.19 bits per heavy atom. The van der Waals surface area contributed by atoms with Gasteiger partial charge in [-0.3, -0.25) is 0 Å². The molecule has 1 saturated heterocycles. The zero-order valence-electron chi connectivity index (χ0n) is 25.1. The van der Waals surface area contributed by atoms with Gasteiger partial charge in [-0.15, -0.1) is 0 Å². The lowest BCUT2D eigenvalue weighted by molar-refractivity contribution is 0.0292. The van der Waals surface area contributed by atoms with Crippen molar-refractivity contribution in [2.45, 2.75) is 57.2 Å². The van der Waals surface area contributed by atoms with E-state index in [1.165, 1.54) is 21.1 Å². The van der Waals surface area contributed by atoms with Gasteiger partial charge in [-0.05, 0) is 52.3 Å². The summed E-state index contributed by atoms with van der Waals surface area (Å²) < 4.78 is 80.5. The second-order valence-corrected chi connectivity index (χ2v) is 13.6. The molecule has 0 saturated carbocycles. The van der Waals surface area contributed by atoms with E-state index in [4.69, 9.17) is 14.2 Å². The number of anilines is 2. The predicted octanol–water partition coefficient (Wildman–Crippen LogP) is 4.98. The maximum absolute atomic E-state index is 16.0. The Labute approximate surface area is 254 Å². The van der Waals surface area contributed by atoms with E-state index in [2.05, 4.69) is 9.36 Å². The maximum Gasteiger partial charge on any atom is 0.410 e. The standard InChI is InChI=1S/C28H35F2N5O6S2/c1-17-22(33(5)19-10-11-34(15-19)27(36)41-28(2,3)4)13-21(29)25(24(17)30)43(37,38)35(26-31-16-32-42-26)14-18-8-9-20(39-6)12-23(18)40-7/h8-9,12-13,16,19H,10-11,14-15H2,1-7H3/t19-/m0/s1. The number of carbonyl (C=O) groups is 1. The first-order valence-electron chi connectivity index (χ1n) is 13.4. The topological polar surface area (TPSA) is 114 Å². The van der Waals surface area contributed by atoms with E-state index < -0.39 is 38.2 Å². The summed E-state index contributed by atoms with van der Waals surface area (Å²) in [6.07, 6.45) is 1.23. The van der Waals surface area contributed by atoms with Crippen molar-refractivity contribution in [3.63, 3.8) is 0 Å². The average Bonchev–Trinajstić information content (AvgIpc) is 3.65. The van der Waals surface area contributed by atoms with Crippen molar-refractivity contribution >= 4 is 38.5 Å². The molecule has 11 nitrogen and oxygen atoms in total. The molecule has 1 aliphatic rings. The van der Waals surface area contributed by atoms with Gasteiger partial charge in [0.15, 0.2) is 10.7 Å². The minimum Gasteiger partial charge on any atom is -0.497 e. The molecule has 1 aliphatic heterocycles. The first-order chi connectivity index (χ1) is 20.2. The van der Waals surface area contributed by atoms with Gasteiger partial charge in [-0.2, -0.15) is 4.37 Å². The summed E-state index contributed by atoms with van der Waals surface area (Å²) in [7, 11) is -0.283. The van der Waals surface area contributed by atoms with Crippen LogP contribution in [0.25, 0.3) is 0 Å². The van der Waals surface area contributed by atoms with Crippen LogP contribution < -0.4 is 18.7 Å². The van der Waals surface area contributed by atoms with Crippen molar-refractivity contribution in [1.29, 1.82) is 0 Å². The zero-order chi connectivity index (χ0) is 31.7. The van der Waals surface area contributed by atoms with E-state index >= 15 is 8.78 Å². The van der Waals surface area contributed by atoms with Gasteiger partial charge in [0.05, 0.1) is 20.8 Å². The first kappa shape index (κ1) is 32.2. The third kappa shape index (κ3) is 6.77. The number of methoxy groups -OCH3 is 2. The second kappa shape index (κ2) is 12.5. The Hall–Kier alpha value is -3.72. The summed E-state index contributed by atoms with van der Waals surface area (Å²) in [6.45, 7) is 7.06. The summed E-state index contributed by atoms with van der Waals surface area (Å²) in [6, 6.07) is 5.52. The largest absolute Gasteiger partial charge is 0.497 e. The molecule has 0 aliphatic carbocycles. The number of amides is 1. The van der Waals surface area contributed by atoms with Crippen LogP contribution in [0, 0.1) is 18.6 Å². The summed E-state index contributed by atoms with van der Waals surface area (Å²) in [4.78, 5) is 18.6. The molecule has 234 valence electrons. The molecule has 0 unspecified atom stereocenters. The first-order valence-corrected chi connectivity index (χ1v) is 15.6. The number of hydrogen-bond acceptors (Lipinski definition) is 10. The van der Waals surface area contributed by atoms with Crippen molar-refractivity contribution in [2.24, 2.45) is 0 Å². The van der Waals surface area contributed by atoms with Gasteiger partial charge < -0.3 is 24.0 Å². The van der Waals surface area contributed by atoms with Gasteiger partial charge in [0.1, 0.15) is 29.2 Å². The highest BCUT2D eigenvalue weighted by Crippen LogP contribution is 2.37. The maximum atomic E-state index is 16.0. The van der Waals surface area contributed by atoms with E-state index in [0.717, 1.165) is 28.2 Å². The Morgan fingerprint density at radius 2 is 1.91 bits per heavy atom. The van der Waals surface area contributed by atoms with Gasteiger partial charge in [-0.1, -0.05) is 0 Å². The molecule has 0 spiro atoms. The van der Waals surface area contributed by atoms with Crippen molar-refractivity contribution in [1.82, 2.24) is 14.3 Å². The molecular formula is C28H35F2N5O6S2. The van der Waals surface area contributed by atoms with Gasteiger partial charge in [0.2, 0.25) is 5.13 Å². The summed E-state index contributed by atoms with van der Waals surface area (Å²) in [5, 5.41) is -0.0799. The predicted molar refractivity (Wildman–Crippen MR) is 159 cm³/mol. The number of benzene rings is 2. The minimum atomic E-state index is -4.83. The lowest BCUT2D eigenvalue weighted by atomic mass is 10.1. The van der Waals surface area contributed by atoms with E-state index in [-0.39, 0.29) is 35.5 Å². The van der Waals surface area contributed by atoms with Crippen LogP contribution in [-0.4, -0.2) is 74.8 Å². The molecule has 0 radical (unpaired) electrons. The van der Waals surface area contributed by atoms with Crippen molar-refractivity contribution in [3.8, 4) is 11.5 Å². The van der Waals surface area contributed by atoms with Crippen LogP contribution >= 0.6 is 11.5 Å². The van der Waals surface area contributed by atoms with Crippen LogP contribution in [0.2, 0.25) is 0 Å². The van der Waals surface area contributed by atoms with Crippen LogP contribution in [-0.2, 0) is 21.3 Å². The van der Waals surface area contributed by atoms with E-state index in [9.17, 15) is 13.2 Å². The summed E-state index contributed by atoms with van der Waals surface area (Å²) in [5.41, 5.74) is -0.139. The fourth-order valence-electron chi connectivity index (χ4n) is 4.81. The zero-order valence-corrected chi connectivity index (χ0v) is 26.7. The fourth-order valence-corrected chi connectivity index (χ4v) is 7.11. The number of likely N-dealkylation sites (N-methyl/N-ethyl adjacent to an activating group) is 1.